The van der Waals surface area contributed by atoms with Crippen LogP contribution >= 0.6 is 11.3 Å². The van der Waals surface area contributed by atoms with E-state index in [2.05, 4.69) is 76.9 Å². The molecule has 0 unspecified atom stereocenters. The molecule has 0 saturated heterocycles. The molecular formula is C44H43F3N4OS. The van der Waals surface area contributed by atoms with Gasteiger partial charge in [-0.15, -0.1) is 11.3 Å². The molecule has 0 spiro atoms. The monoisotopic (exact) mass is 732 g/mol. The Bertz CT molecular complexity index is 2510. The standard InChI is InChI=1S/C44H43F3N4OS/c1-41(2,3)29-18-27(33-20-26(15-16-48-33)25-13-11-10-12-14-25)17-28(19-29)34-23-35-37(51-24-49-39(40(51)53-35)44(45,46)47)36(50-34)31-21-30(42(4,5)6)22-32(38(31)52)43(7,8)9/h10-24,52H,1-9H3. The van der Waals surface area contributed by atoms with Crippen LogP contribution in [0.2, 0.25) is 0 Å². The molecule has 0 aliphatic carbocycles. The molecule has 7 rings (SSSR count). The minimum atomic E-state index is -4.64. The number of hydrogen-bond acceptors (Lipinski definition) is 5. The number of aromatic hydroxyl groups is 1. The van der Waals surface area contributed by atoms with Gasteiger partial charge in [0.25, 0.3) is 0 Å². The number of pyridine rings is 2. The topological polar surface area (TPSA) is 63.3 Å². The zero-order chi connectivity index (χ0) is 38.2. The van der Waals surface area contributed by atoms with Crippen LogP contribution in [0.4, 0.5) is 13.2 Å². The van der Waals surface area contributed by atoms with Crippen molar-refractivity contribution in [2.75, 3.05) is 0 Å². The Kier molecular flexibility index (Phi) is 8.60. The molecular weight excluding hydrogens is 690 g/mol. The first-order valence-electron chi connectivity index (χ1n) is 17.6. The number of phenolic OH excluding ortho intramolecular Hbond substituents is 1. The van der Waals surface area contributed by atoms with Crippen LogP contribution in [0.25, 0.3) is 59.9 Å². The van der Waals surface area contributed by atoms with E-state index < -0.39 is 17.3 Å². The predicted octanol–water partition coefficient (Wildman–Crippen LogP) is 12.6. The SMILES string of the molecule is CC(C)(C)c1cc(-c2cc(-c3ccccc3)ccn2)cc(-c2cc3sc4c(C(F)(F)F)ncn4c3c(-c3cc(C(C)(C)C)cc(C(C)(C)C)c3O)n2)c1. The fourth-order valence-electron chi connectivity index (χ4n) is 6.63. The summed E-state index contributed by atoms with van der Waals surface area (Å²) in [4.78, 5) is 13.8. The summed E-state index contributed by atoms with van der Waals surface area (Å²) < 4.78 is 44.8. The van der Waals surface area contributed by atoms with E-state index in [1.54, 1.807) is 0 Å². The molecule has 0 radical (unpaired) electrons. The van der Waals surface area contributed by atoms with Gasteiger partial charge in [0, 0.05) is 28.5 Å². The third-order valence-electron chi connectivity index (χ3n) is 9.69. The summed E-state index contributed by atoms with van der Waals surface area (Å²) in [5.41, 5.74) is 7.30. The molecule has 0 aliphatic rings. The van der Waals surface area contributed by atoms with Crippen molar-refractivity contribution in [3.8, 4) is 50.6 Å². The van der Waals surface area contributed by atoms with Gasteiger partial charge in [0.1, 0.15) is 22.6 Å². The highest BCUT2D eigenvalue weighted by Gasteiger charge is 2.37. The first-order valence-corrected chi connectivity index (χ1v) is 18.5. The average molecular weight is 733 g/mol. The van der Waals surface area contributed by atoms with Crippen molar-refractivity contribution < 1.29 is 18.3 Å². The van der Waals surface area contributed by atoms with E-state index in [-0.39, 0.29) is 21.4 Å². The Morgan fingerprint density at radius 1 is 0.642 bits per heavy atom. The fourth-order valence-corrected chi connectivity index (χ4v) is 7.80. The number of nitrogens with zero attached hydrogens (tertiary/aromatic N) is 4. The summed E-state index contributed by atoms with van der Waals surface area (Å²) in [7, 11) is 0. The first-order chi connectivity index (χ1) is 24.7. The summed E-state index contributed by atoms with van der Waals surface area (Å²) in [6.07, 6.45) is -1.63. The van der Waals surface area contributed by atoms with Gasteiger partial charge < -0.3 is 5.11 Å². The lowest BCUT2D eigenvalue weighted by Gasteiger charge is -2.27. The molecule has 9 heteroatoms. The Morgan fingerprint density at radius 2 is 1.28 bits per heavy atom. The highest BCUT2D eigenvalue weighted by Crippen LogP contribution is 2.47. The van der Waals surface area contributed by atoms with Crippen LogP contribution in [0, 0.1) is 0 Å². The van der Waals surface area contributed by atoms with Crippen molar-refractivity contribution in [3.63, 3.8) is 0 Å². The molecule has 272 valence electrons. The van der Waals surface area contributed by atoms with E-state index in [9.17, 15) is 18.3 Å². The second-order valence-corrected chi connectivity index (χ2v) is 17.9. The normalized spacial score (nSPS) is 13.0. The summed E-state index contributed by atoms with van der Waals surface area (Å²) in [5, 5.41) is 12.0. The Hall–Kier alpha value is -5.02. The Morgan fingerprint density at radius 3 is 1.91 bits per heavy atom. The lowest BCUT2D eigenvalue weighted by atomic mass is 9.78. The second-order valence-electron chi connectivity index (χ2n) is 16.8. The van der Waals surface area contributed by atoms with Crippen molar-refractivity contribution in [3.05, 3.63) is 114 Å². The lowest BCUT2D eigenvalue weighted by Crippen LogP contribution is -2.17. The molecule has 0 atom stereocenters. The van der Waals surface area contributed by atoms with E-state index >= 15 is 0 Å². The molecule has 53 heavy (non-hydrogen) atoms. The van der Waals surface area contributed by atoms with Gasteiger partial charge >= 0.3 is 6.18 Å². The van der Waals surface area contributed by atoms with Crippen molar-refractivity contribution in [1.82, 2.24) is 19.4 Å². The smallest absolute Gasteiger partial charge is 0.436 e. The number of phenols is 1. The van der Waals surface area contributed by atoms with Crippen LogP contribution in [0.1, 0.15) is 84.7 Å². The van der Waals surface area contributed by atoms with Gasteiger partial charge in [0.15, 0.2) is 5.69 Å². The van der Waals surface area contributed by atoms with E-state index in [1.165, 1.54) is 10.7 Å². The molecule has 0 saturated carbocycles. The summed E-state index contributed by atoms with van der Waals surface area (Å²) in [5.74, 6) is 0.0537. The maximum absolute atomic E-state index is 14.2. The molecule has 0 bridgehead atoms. The van der Waals surface area contributed by atoms with E-state index in [1.807, 2.05) is 75.5 Å². The number of aromatic nitrogens is 4. The van der Waals surface area contributed by atoms with Gasteiger partial charge in [-0.05, 0) is 81.0 Å². The van der Waals surface area contributed by atoms with Crippen LogP contribution < -0.4 is 0 Å². The Balaban J connectivity index is 1.55. The molecule has 0 amide bonds. The van der Waals surface area contributed by atoms with Gasteiger partial charge in [-0.2, -0.15) is 13.2 Å². The second kappa shape index (κ2) is 12.5. The number of hydrogen-bond donors (Lipinski definition) is 1. The quantitative estimate of drug-likeness (QED) is 0.196. The molecule has 0 aliphatic heterocycles. The third kappa shape index (κ3) is 6.83. The molecule has 5 nitrogen and oxygen atoms in total. The molecule has 1 N–H and O–H groups in total. The number of fused-ring (bicyclic) bond motifs is 3. The van der Waals surface area contributed by atoms with Gasteiger partial charge in [0.05, 0.1) is 21.6 Å². The van der Waals surface area contributed by atoms with Crippen LogP contribution in [0.5, 0.6) is 5.75 Å². The fraction of sp³-hybridized carbons (Fsp3) is 0.295. The number of rotatable bonds is 4. The first kappa shape index (κ1) is 36.3. The zero-order valence-electron chi connectivity index (χ0n) is 31.4. The van der Waals surface area contributed by atoms with E-state index in [0.717, 1.165) is 56.0 Å². The largest absolute Gasteiger partial charge is 0.507 e. The van der Waals surface area contributed by atoms with Gasteiger partial charge in [-0.1, -0.05) is 98.7 Å². The zero-order valence-corrected chi connectivity index (χ0v) is 32.3. The maximum atomic E-state index is 14.2. The van der Waals surface area contributed by atoms with Crippen LogP contribution in [-0.2, 0) is 22.4 Å². The minimum absolute atomic E-state index is 0.0266. The number of alkyl halides is 3. The molecule has 3 aromatic carbocycles. The third-order valence-corrected chi connectivity index (χ3v) is 10.8. The summed E-state index contributed by atoms with van der Waals surface area (Å²) in [6.45, 7) is 18.8. The summed E-state index contributed by atoms with van der Waals surface area (Å²) >= 11 is 1.02. The van der Waals surface area contributed by atoms with Crippen molar-refractivity contribution in [1.29, 1.82) is 0 Å². The van der Waals surface area contributed by atoms with Crippen molar-refractivity contribution in [2.24, 2.45) is 0 Å². The van der Waals surface area contributed by atoms with Gasteiger partial charge in [-0.25, -0.2) is 9.97 Å². The van der Waals surface area contributed by atoms with Crippen LogP contribution in [0.3, 0.4) is 0 Å². The van der Waals surface area contributed by atoms with Crippen LogP contribution in [0.15, 0.2) is 91.4 Å². The molecule has 4 heterocycles. The lowest BCUT2D eigenvalue weighted by molar-refractivity contribution is -0.139. The average Bonchev–Trinajstić information content (AvgIpc) is 3.66. The highest BCUT2D eigenvalue weighted by molar-refractivity contribution is 7.24. The maximum Gasteiger partial charge on any atom is 0.436 e. The van der Waals surface area contributed by atoms with Gasteiger partial charge in [0.2, 0.25) is 0 Å². The van der Waals surface area contributed by atoms with E-state index in [0.29, 0.717) is 27.2 Å². The molecule has 0 fully saturated rings. The summed E-state index contributed by atoms with van der Waals surface area (Å²) in [6, 6.07) is 26.3. The van der Waals surface area contributed by atoms with E-state index in [4.69, 9.17) is 9.97 Å². The molecule has 7 aromatic rings. The molecule has 4 aromatic heterocycles. The predicted molar refractivity (Wildman–Crippen MR) is 211 cm³/mol. The minimum Gasteiger partial charge on any atom is -0.507 e. The number of thiazole rings is 1. The van der Waals surface area contributed by atoms with Crippen molar-refractivity contribution >= 4 is 26.4 Å². The number of halogens is 3. The number of benzene rings is 3. The van der Waals surface area contributed by atoms with Gasteiger partial charge in [-0.3, -0.25) is 9.38 Å². The van der Waals surface area contributed by atoms with Crippen molar-refractivity contribution in [2.45, 2.75) is 84.7 Å². The Labute approximate surface area is 312 Å². The number of imidazole rings is 1. The van der Waals surface area contributed by atoms with Crippen LogP contribution in [-0.4, -0.2) is 24.5 Å². The highest BCUT2D eigenvalue weighted by atomic mass is 32.1.